The smallest absolute Gasteiger partial charge is 0.309 e. The van der Waals surface area contributed by atoms with Gasteiger partial charge in [-0.25, -0.2) is 0 Å². The molecular weight excluding hydrogens is 186 g/mol. The maximum Gasteiger partial charge on any atom is 0.309 e. The second kappa shape index (κ2) is 3.06. The Balaban J connectivity index is 2.20. The summed E-state index contributed by atoms with van der Waals surface area (Å²) in [7, 11) is 0. The number of hydrogen-bond acceptors (Lipinski definition) is 4. The molecular formula is C8H11N3O3. The monoisotopic (exact) mass is 197 g/mol. The van der Waals surface area contributed by atoms with Gasteiger partial charge in [-0.15, -0.1) is 0 Å². The van der Waals surface area contributed by atoms with Crippen molar-refractivity contribution in [2.75, 3.05) is 0 Å². The van der Waals surface area contributed by atoms with Gasteiger partial charge < -0.3 is 5.11 Å². The van der Waals surface area contributed by atoms with Gasteiger partial charge in [0, 0.05) is 0 Å². The number of nitrogens with zero attached hydrogens (tertiary/aromatic N) is 3. The Morgan fingerprint density at radius 2 is 2.36 bits per heavy atom. The van der Waals surface area contributed by atoms with E-state index in [4.69, 9.17) is 5.11 Å². The molecule has 2 rings (SSSR count). The second-order valence-electron chi connectivity index (χ2n) is 3.62. The minimum atomic E-state index is -0.437. The van der Waals surface area contributed by atoms with E-state index in [1.54, 1.807) is 11.6 Å². The van der Waals surface area contributed by atoms with Crippen LogP contribution in [0.25, 0.3) is 0 Å². The molecule has 1 saturated carbocycles. The van der Waals surface area contributed by atoms with Crippen LogP contribution in [0.5, 0.6) is 0 Å². The number of aryl methyl sites for hydroxylation is 1. The first-order chi connectivity index (χ1) is 6.58. The van der Waals surface area contributed by atoms with Crippen molar-refractivity contribution < 1.29 is 10.0 Å². The van der Waals surface area contributed by atoms with E-state index in [0.717, 1.165) is 0 Å². The number of hydrogen-bond donors (Lipinski definition) is 1. The molecule has 1 N–H and O–H groups in total. The first-order valence-corrected chi connectivity index (χ1v) is 4.46. The molecule has 0 amide bonds. The molecule has 6 heteroatoms. The van der Waals surface area contributed by atoms with Gasteiger partial charge in [0.2, 0.25) is 0 Å². The van der Waals surface area contributed by atoms with Crippen LogP contribution >= 0.6 is 0 Å². The van der Waals surface area contributed by atoms with E-state index in [0.29, 0.717) is 18.5 Å². The third kappa shape index (κ3) is 1.37. The molecule has 1 heterocycles. The number of aromatic nitrogens is 2. The average molecular weight is 197 g/mol. The van der Waals surface area contributed by atoms with Gasteiger partial charge in [-0.1, -0.05) is 0 Å². The van der Waals surface area contributed by atoms with E-state index in [1.807, 2.05) is 0 Å². The summed E-state index contributed by atoms with van der Waals surface area (Å²) >= 11 is 0. The Kier molecular flexibility index (Phi) is 1.99. The van der Waals surface area contributed by atoms with Gasteiger partial charge in [0.05, 0.1) is 17.1 Å². The molecule has 0 radical (unpaired) electrons. The van der Waals surface area contributed by atoms with Crippen molar-refractivity contribution in [1.82, 2.24) is 9.78 Å². The molecule has 76 valence electrons. The molecule has 0 bridgehead atoms. The standard InChI is InChI=1S/C8H11N3O3/c1-5-8(11(13)14)4-10(9-5)6-2-7(12)3-6/h4,6-7,12H,2-3H2,1H3. The lowest BCUT2D eigenvalue weighted by atomic mass is 9.90. The van der Waals surface area contributed by atoms with Crippen molar-refractivity contribution in [3.05, 3.63) is 22.0 Å². The summed E-state index contributed by atoms with van der Waals surface area (Å²) in [6, 6.07) is 0.123. The molecule has 14 heavy (non-hydrogen) atoms. The predicted molar refractivity (Wildman–Crippen MR) is 47.9 cm³/mol. The highest BCUT2D eigenvalue weighted by atomic mass is 16.6. The summed E-state index contributed by atoms with van der Waals surface area (Å²) in [6.07, 6.45) is 2.44. The first kappa shape index (κ1) is 9.14. The van der Waals surface area contributed by atoms with E-state index < -0.39 is 4.92 Å². The van der Waals surface area contributed by atoms with Crippen LogP contribution in [0, 0.1) is 17.0 Å². The third-order valence-corrected chi connectivity index (χ3v) is 2.55. The summed E-state index contributed by atoms with van der Waals surface area (Å²) in [6.45, 7) is 1.61. The molecule has 6 nitrogen and oxygen atoms in total. The summed E-state index contributed by atoms with van der Waals surface area (Å²) in [4.78, 5) is 10.1. The molecule has 0 spiro atoms. The number of nitro groups is 1. The predicted octanol–water partition coefficient (Wildman–Crippen LogP) is 0.796. The lowest BCUT2D eigenvalue weighted by Crippen LogP contribution is -2.31. The first-order valence-electron chi connectivity index (χ1n) is 4.46. The topological polar surface area (TPSA) is 81.2 Å². The molecule has 0 unspecified atom stereocenters. The fourth-order valence-electron chi connectivity index (χ4n) is 1.61. The van der Waals surface area contributed by atoms with Crippen LogP contribution < -0.4 is 0 Å². The van der Waals surface area contributed by atoms with Gasteiger partial charge >= 0.3 is 5.69 Å². The van der Waals surface area contributed by atoms with Crippen molar-refractivity contribution in [1.29, 1.82) is 0 Å². The lowest BCUT2D eigenvalue weighted by Gasteiger charge is -2.31. The maximum atomic E-state index is 10.5. The van der Waals surface area contributed by atoms with Gasteiger partial charge in [0.15, 0.2) is 0 Å². The van der Waals surface area contributed by atoms with Gasteiger partial charge in [0.1, 0.15) is 11.9 Å². The Hall–Kier alpha value is -1.43. The van der Waals surface area contributed by atoms with Crippen LogP contribution in [0.4, 0.5) is 5.69 Å². The average Bonchev–Trinajstić information content (AvgIpc) is 2.41. The van der Waals surface area contributed by atoms with Crippen LogP contribution in [-0.2, 0) is 0 Å². The van der Waals surface area contributed by atoms with Crippen LogP contribution in [0.2, 0.25) is 0 Å². The minimum absolute atomic E-state index is 0.0476. The molecule has 1 aliphatic rings. The highest BCUT2D eigenvalue weighted by molar-refractivity contribution is 5.31. The van der Waals surface area contributed by atoms with E-state index in [-0.39, 0.29) is 17.8 Å². The number of rotatable bonds is 2. The molecule has 1 aromatic heterocycles. The summed E-state index contributed by atoms with van der Waals surface area (Å²) in [5, 5.41) is 23.7. The quantitative estimate of drug-likeness (QED) is 0.561. The molecule has 1 fully saturated rings. The van der Waals surface area contributed by atoms with Crippen molar-refractivity contribution in [2.45, 2.75) is 31.9 Å². The van der Waals surface area contributed by atoms with Gasteiger partial charge in [-0.2, -0.15) is 5.10 Å². The molecule has 0 atom stereocenters. The van der Waals surface area contributed by atoms with E-state index in [2.05, 4.69) is 5.10 Å². The van der Waals surface area contributed by atoms with Crippen molar-refractivity contribution in [2.24, 2.45) is 0 Å². The zero-order valence-electron chi connectivity index (χ0n) is 7.75. The highest BCUT2D eigenvalue weighted by Crippen LogP contribution is 2.33. The van der Waals surface area contributed by atoms with Crippen molar-refractivity contribution in [3.8, 4) is 0 Å². The normalized spacial score (nSPS) is 25.9. The Labute approximate surface area is 80.3 Å². The Bertz CT molecular complexity index is 368. The summed E-state index contributed by atoms with van der Waals surface area (Å²) in [5.74, 6) is 0. The van der Waals surface area contributed by atoms with E-state index >= 15 is 0 Å². The zero-order valence-corrected chi connectivity index (χ0v) is 7.75. The van der Waals surface area contributed by atoms with Crippen LogP contribution in [-0.4, -0.2) is 25.9 Å². The maximum absolute atomic E-state index is 10.5. The zero-order chi connectivity index (χ0) is 10.3. The number of aliphatic hydroxyl groups is 1. The SMILES string of the molecule is Cc1nn(C2CC(O)C2)cc1[N+](=O)[O-]. The van der Waals surface area contributed by atoms with Crippen LogP contribution in [0.15, 0.2) is 6.20 Å². The van der Waals surface area contributed by atoms with E-state index in [9.17, 15) is 10.1 Å². The molecule has 0 saturated heterocycles. The van der Waals surface area contributed by atoms with Crippen LogP contribution in [0.3, 0.4) is 0 Å². The Morgan fingerprint density at radius 1 is 1.71 bits per heavy atom. The second-order valence-corrected chi connectivity index (χ2v) is 3.62. The lowest BCUT2D eigenvalue weighted by molar-refractivity contribution is -0.385. The molecule has 0 aliphatic heterocycles. The summed E-state index contributed by atoms with van der Waals surface area (Å²) in [5.41, 5.74) is 0.475. The van der Waals surface area contributed by atoms with Gasteiger partial charge in [-0.05, 0) is 19.8 Å². The molecule has 0 aromatic carbocycles. The fraction of sp³-hybridized carbons (Fsp3) is 0.625. The fourth-order valence-corrected chi connectivity index (χ4v) is 1.61. The molecule has 1 aliphatic carbocycles. The van der Waals surface area contributed by atoms with Gasteiger partial charge in [-0.3, -0.25) is 14.8 Å². The van der Waals surface area contributed by atoms with Crippen LogP contribution in [0.1, 0.15) is 24.6 Å². The van der Waals surface area contributed by atoms with Crippen molar-refractivity contribution >= 4 is 5.69 Å². The number of aliphatic hydroxyl groups excluding tert-OH is 1. The van der Waals surface area contributed by atoms with Crippen molar-refractivity contribution in [3.63, 3.8) is 0 Å². The molecule has 1 aromatic rings. The van der Waals surface area contributed by atoms with Gasteiger partial charge in [0.25, 0.3) is 0 Å². The largest absolute Gasteiger partial charge is 0.393 e. The minimum Gasteiger partial charge on any atom is -0.393 e. The third-order valence-electron chi connectivity index (χ3n) is 2.55. The highest BCUT2D eigenvalue weighted by Gasteiger charge is 2.31. The van der Waals surface area contributed by atoms with E-state index in [1.165, 1.54) is 6.20 Å². The summed E-state index contributed by atoms with van der Waals surface area (Å²) < 4.78 is 1.58. The Morgan fingerprint density at radius 3 is 2.79 bits per heavy atom.